The molecule has 0 radical (unpaired) electrons. The van der Waals surface area contributed by atoms with Crippen molar-refractivity contribution in [1.82, 2.24) is 9.88 Å². The highest BCUT2D eigenvalue weighted by atomic mass is 32.2. The summed E-state index contributed by atoms with van der Waals surface area (Å²) in [6, 6.07) is 14.1. The molecule has 1 aliphatic rings. The largest absolute Gasteiger partial charge is 0.354 e. The van der Waals surface area contributed by atoms with Gasteiger partial charge >= 0.3 is 0 Å². The van der Waals surface area contributed by atoms with E-state index in [1.54, 1.807) is 17.0 Å². The molecule has 1 aromatic heterocycles. The molecule has 0 aliphatic carbocycles. The number of benzene rings is 2. The Bertz CT molecular complexity index is 1200. The van der Waals surface area contributed by atoms with E-state index in [2.05, 4.69) is 11.9 Å². The summed E-state index contributed by atoms with van der Waals surface area (Å²) in [5, 5.41) is 1.04. The molecule has 1 unspecified atom stereocenters. The number of aryl methyl sites for hydroxylation is 1. The summed E-state index contributed by atoms with van der Waals surface area (Å²) in [7, 11) is -3.06. The maximum absolute atomic E-state index is 13.5. The van der Waals surface area contributed by atoms with Crippen LogP contribution in [0.1, 0.15) is 38.2 Å². The van der Waals surface area contributed by atoms with Gasteiger partial charge in [-0.25, -0.2) is 12.8 Å². The summed E-state index contributed by atoms with van der Waals surface area (Å²) in [6.45, 7) is 2.66. The number of hydrogen-bond acceptors (Lipinski definition) is 3. The van der Waals surface area contributed by atoms with Crippen molar-refractivity contribution < 1.29 is 17.6 Å². The summed E-state index contributed by atoms with van der Waals surface area (Å²) in [5.41, 5.74) is 3.76. The molecule has 5 nitrogen and oxygen atoms in total. The fraction of sp³-hybridized carbons (Fsp3) is 0.400. The Morgan fingerprint density at radius 2 is 1.91 bits per heavy atom. The number of fused-ring (bicyclic) bond motifs is 1. The third kappa shape index (κ3) is 4.88. The zero-order valence-corrected chi connectivity index (χ0v) is 19.1. The lowest BCUT2D eigenvalue weighted by Gasteiger charge is -2.28. The molecule has 1 fully saturated rings. The number of aromatic nitrogens is 1. The Balaban J connectivity index is 1.59. The second kappa shape index (κ2) is 9.45. The van der Waals surface area contributed by atoms with Crippen molar-refractivity contribution >= 4 is 26.6 Å². The highest BCUT2D eigenvalue weighted by Crippen LogP contribution is 2.32. The van der Waals surface area contributed by atoms with Crippen molar-refractivity contribution in [3.05, 3.63) is 59.9 Å². The number of H-pyrrole nitrogens is 1. The zero-order valence-electron chi connectivity index (χ0n) is 18.3. The minimum atomic E-state index is -3.06. The van der Waals surface area contributed by atoms with E-state index in [4.69, 9.17) is 0 Å². The Kier molecular flexibility index (Phi) is 6.65. The number of hydrogen-bond donors (Lipinski definition) is 1. The predicted molar refractivity (Wildman–Crippen MR) is 126 cm³/mol. The van der Waals surface area contributed by atoms with Crippen molar-refractivity contribution in [2.24, 2.45) is 0 Å². The molecule has 3 aromatic rings. The van der Waals surface area contributed by atoms with Gasteiger partial charge in [-0.1, -0.05) is 31.5 Å². The van der Waals surface area contributed by atoms with Gasteiger partial charge in [0.15, 0.2) is 9.84 Å². The normalized spacial score (nSPS) is 17.6. The van der Waals surface area contributed by atoms with Crippen LogP contribution in [0.2, 0.25) is 0 Å². The molecular formula is C25H29FN2O3S. The third-order valence-corrected chi connectivity index (χ3v) is 8.01. The van der Waals surface area contributed by atoms with Crippen LogP contribution < -0.4 is 0 Å². The van der Waals surface area contributed by atoms with Crippen LogP contribution in [0.4, 0.5) is 4.39 Å². The van der Waals surface area contributed by atoms with Gasteiger partial charge in [0.25, 0.3) is 0 Å². The summed E-state index contributed by atoms with van der Waals surface area (Å²) < 4.78 is 37.4. The van der Waals surface area contributed by atoms with Crippen LogP contribution in [-0.2, 0) is 21.1 Å². The number of sulfone groups is 1. The maximum Gasteiger partial charge on any atom is 0.223 e. The molecule has 4 rings (SSSR count). The molecule has 32 heavy (non-hydrogen) atoms. The van der Waals surface area contributed by atoms with E-state index in [1.165, 1.54) is 12.1 Å². The van der Waals surface area contributed by atoms with Gasteiger partial charge in [0.05, 0.1) is 11.5 Å². The Morgan fingerprint density at radius 1 is 1.16 bits per heavy atom. The second-order valence-corrected chi connectivity index (χ2v) is 10.8. The summed E-state index contributed by atoms with van der Waals surface area (Å²) in [5.74, 6) is -0.0725. The minimum absolute atomic E-state index is 0.00381. The molecular weight excluding hydrogens is 427 g/mol. The lowest BCUT2D eigenvalue weighted by atomic mass is 10.0. The number of amides is 1. The summed E-state index contributed by atoms with van der Waals surface area (Å²) in [6.07, 6.45) is 3.15. The maximum atomic E-state index is 13.5. The van der Waals surface area contributed by atoms with Gasteiger partial charge in [-0.3, -0.25) is 4.79 Å². The molecule has 7 heteroatoms. The van der Waals surface area contributed by atoms with E-state index in [1.807, 2.05) is 24.3 Å². The number of carbonyl (C=O) groups is 1. The predicted octanol–water partition coefficient (Wildman–Crippen LogP) is 4.72. The SMILES string of the molecule is CCCCN(C(=O)CCc1c(-c2ccc(F)cc2)[nH]c2ccccc12)C1CCS(=O)(=O)C1. The van der Waals surface area contributed by atoms with Gasteiger partial charge in [0, 0.05) is 35.6 Å². The smallest absolute Gasteiger partial charge is 0.223 e. The van der Waals surface area contributed by atoms with Crippen molar-refractivity contribution in [3.63, 3.8) is 0 Å². The number of halogens is 1. The van der Waals surface area contributed by atoms with Crippen LogP contribution >= 0.6 is 0 Å². The van der Waals surface area contributed by atoms with Crippen LogP contribution in [-0.4, -0.2) is 48.3 Å². The lowest BCUT2D eigenvalue weighted by Crippen LogP contribution is -2.41. The number of nitrogens with zero attached hydrogens (tertiary/aromatic N) is 1. The highest BCUT2D eigenvalue weighted by Gasteiger charge is 2.34. The summed E-state index contributed by atoms with van der Waals surface area (Å²) in [4.78, 5) is 18.5. The molecule has 0 saturated carbocycles. The van der Waals surface area contributed by atoms with Crippen LogP contribution in [0.5, 0.6) is 0 Å². The van der Waals surface area contributed by atoms with Gasteiger partial charge in [-0.2, -0.15) is 0 Å². The van der Waals surface area contributed by atoms with Crippen LogP contribution in [0.15, 0.2) is 48.5 Å². The Morgan fingerprint density at radius 3 is 2.59 bits per heavy atom. The fourth-order valence-electron chi connectivity index (χ4n) is 4.56. The van der Waals surface area contributed by atoms with Crippen molar-refractivity contribution in [2.45, 2.75) is 45.1 Å². The molecule has 1 atom stereocenters. The molecule has 0 bridgehead atoms. The van der Waals surface area contributed by atoms with E-state index < -0.39 is 9.84 Å². The van der Waals surface area contributed by atoms with E-state index >= 15 is 0 Å². The van der Waals surface area contributed by atoms with Crippen molar-refractivity contribution in [1.29, 1.82) is 0 Å². The van der Waals surface area contributed by atoms with Crippen molar-refractivity contribution in [3.8, 4) is 11.3 Å². The molecule has 1 amide bonds. The van der Waals surface area contributed by atoms with E-state index in [9.17, 15) is 17.6 Å². The van der Waals surface area contributed by atoms with Crippen LogP contribution in [0.3, 0.4) is 0 Å². The van der Waals surface area contributed by atoms with Crippen LogP contribution in [0, 0.1) is 5.82 Å². The number of carbonyl (C=O) groups excluding carboxylic acids is 1. The quantitative estimate of drug-likeness (QED) is 0.533. The monoisotopic (exact) mass is 456 g/mol. The molecule has 2 heterocycles. The minimum Gasteiger partial charge on any atom is -0.354 e. The van der Waals surface area contributed by atoms with Gasteiger partial charge in [-0.05, 0) is 60.7 Å². The lowest BCUT2D eigenvalue weighted by molar-refractivity contribution is -0.133. The fourth-order valence-corrected chi connectivity index (χ4v) is 6.29. The van der Waals surface area contributed by atoms with Gasteiger partial charge in [0.2, 0.25) is 5.91 Å². The first-order chi connectivity index (χ1) is 15.4. The second-order valence-electron chi connectivity index (χ2n) is 8.53. The molecule has 1 N–H and O–H groups in total. The van der Waals surface area contributed by atoms with Gasteiger partial charge in [-0.15, -0.1) is 0 Å². The highest BCUT2D eigenvalue weighted by molar-refractivity contribution is 7.91. The molecule has 1 saturated heterocycles. The van der Waals surface area contributed by atoms with Gasteiger partial charge < -0.3 is 9.88 Å². The third-order valence-electron chi connectivity index (χ3n) is 6.26. The molecule has 0 spiro atoms. The first kappa shape index (κ1) is 22.5. The Labute approximate surface area is 188 Å². The molecule has 170 valence electrons. The Hall–Kier alpha value is -2.67. The first-order valence-corrected chi connectivity index (χ1v) is 13.1. The van der Waals surface area contributed by atoms with Gasteiger partial charge in [0.1, 0.15) is 5.82 Å². The number of para-hydroxylation sites is 1. The molecule has 1 aliphatic heterocycles. The topological polar surface area (TPSA) is 70.2 Å². The summed E-state index contributed by atoms with van der Waals surface area (Å²) >= 11 is 0. The number of aromatic amines is 1. The zero-order chi connectivity index (χ0) is 22.7. The van der Waals surface area contributed by atoms with E-state index in [-0.39, 0.29) is 29.3 Å². The van der Waals surface area contributed by atoms with Crippen LogP contribution in [0.25, 0.3) is 22.2 Å². The number of rotatable bonds is 8. The molecule has 2 aromatic carbocycles. The van der Waals surface area contributed by atoms with E-state index in [0.29, 0.717) is 25.8 Å². The standard InChI is InChI=1S/C25H29FN2O3S/c1-2-3-15-28(20-14-16-32(30,31)17-20)24(29)13-12-22-21-6-4-5-7-23(21)27-25(22)18-8-10-19(26)11-9-18/h4-11,20,27H,2-3,12-17H2,1H3. The number of unbranched alkanes of at least 4 members (excludes halogenated alkanes) is 1. The van der Waals surface area contributed by atoms with Crippen molar-refractivity contribution in [2.75, 3.05) is 18.1 Å². The average molecular weight is 457 g/mol. The number of nitrogens with one attached hydrogen (secondary N) is 1. The average Bonchev–Trinajstić information content (AvgIpc) is 3.32. The first-order valence-electron chi connectivity index (χ1n) is 11.2. The van der Waals surface area contributed by atoms with E-state index in [0.717, 1.165) is 40.6 Å².